The van der Waals surface area contributed by atoms with Crippen LogP contribution in [0, 0.1) is 5.92 Å². The van der Waals surface area contributed by atoms with Gasteiger partial charge in [0.05, 0.1) is 17.9 Å². The highest BCUT2D eigenvalue weighted by molar-refractivity contribution is 8.01. The van der Waals surface area contributed by atoms with E-state index in [4.69, 9.17) is 0 Å². The second-order valence-corrected chi connectivity index (χ2v) is 8.66. The molecule has 0 unspecified atom stereocenters. The topological polar surface area (TPSA) is 59.1 Å². The molecule has 0 saturated heterocycles. The summed E-state index contributed by atoms with van der Waals surface area (Å²) in [5.41, 5.74) is 2.72. The number of thiazole rings is 1. The summed E-state index contributed by atoms with van der Waals surface area (Å²) in [5.74, 6) is 1.03. The second kappa shape index (κ2) is 10.5. The third-order valence-corrected chi connectivity index (χ3v) is 6.00. The van der Waals surface area contributed by atoms with E-state index in [9.17, 15) is 9.59 Å². The predicted molar refractivity (Wildman–Crippen MR) is 109 cm³/mol. The van der Waals surface area contributed by atoms with Crippen molar-refractivity contribution in [2.24, 2.45) is 5.92 Å². The van der Waals surface area contributed by atoms with Crippen LogP contribution in [0.3, 0.4) is 0 Å². The van der Waals surface area contributed by atoms with Crippen LogP contribution in [0.2, 0.25) is 0 Å². The van der Waals surface area contributed by atoms with Gasteiger partial charge in [-0.05, 0) is 24.3 Å². The van der Waals surface area contributed by atoms with E-state index in [0.29, 0.717) is 24.6 Å². The molecule has 0 spiro atoms. The average molecular weight is 391 g/mol. The van der Waals surface area contributed by atoms with Crippen molar-refractivity contribution in [1.82, 2.24) is 10.3 Å². The number of rotatable bonds is 10. The van der Waals surface area contributed by atoms with Crippen LogP contribution in [-0.2, 0) is 17.6 Å². The SMILES string of the molecule is CCc1ccc(C(=O)CSc2nc(CC(=O)NCCC(C)C)cs2)cc1. The maximum Gasteiger partial charge on any atom is 0.226 e. The molecule has 0 bridgehead atoms. The van der Waals surface area contributed by atoms with Gasteiger partial charge in [0, 0.05) is 17.5 Å². The summed E-state index contributed by atoms with van der Waals surface area (Å²) in [6.45, 7) is 7.07. The third kappa shape index (κ3) is 6.92. The zero-order valence-corrected chi connectivity index (χ0v) is 17.2. The molecular formula is C20H26N2O2S2. The van der Waals surface area contributed by atoms with Gasteiger partial charge in [0.2, 0.25) is 5.91 Å². The van der Waals surface area contributed by atoms with E-state index >= 15 is 0 Å². The van der Waals surface area contributed by atoms with Crippen LogP contribution in [0.4, 0.5) is 0 Å². The monoisotopic (exact) mass is 390 g/mol. The molecule has 1 aromatic carbocycles. The lowest BCUT2D eigenvalue weighted by Gasteiger charge is -2.05. The van der Waals surface area contributed by atoms with Gasteiger partial charge in [-0.1, -0.05) is 56.8 Å². The fourth-order valence-electron chi connectivity index (χ4n) is 2.30. The number of ketones is 1. The molecule has 1 aromatic heterocycles. The summed E-state index contributed by atoms with van der Waals surface area (Å²) in [6, 6.07) is 7.77. The zero-order valence-electron chi connectivity index (χ0n) is 15.6. The van der Waals surface area contributed by atoms with Crippen LogP contribution in [0.25, 0.3) is 0 Å². The number of thioether (sulfide) groups is 1. The highest BCUT2D eigenvalue weighted by Crippen LogP contribution is 2.24. The molecular weight excluding hydrogens is 364 g/mol. The van der Waals surface area contributed by atoms with Crippen LogP contribution in [-0.4, -0.2) is 29.0 Å². The van der Waals surface area contributed by atoms with Crippen molar-refractivity contribution < 1.29 is 9.59 Å². The van der Waals surface area contributed by atoms with Gasteiger partial charge < -0.3 is 5.32 Å². The smallest absolute Gasteiger partial charge is 0.226 e. The van der Waals surface area contributed by atoms with Gasteiger partial charge >= 0.3 is 0 Å². The van der Waals surface area contributed by atoms with Gasteiger partial charge in [-0.25, -0.2) is 4.98 Å². The minimum atomic E-state index is -0.000379. The van der Waals surface area contributed by atoms with Gasteiger partial charge in [-0.3, -0.25) is 9.59 Å². The van der Waals surface area contributed by atoms with Crippen molar-refractivity contribution in [2.75, 3.05) is 12.3 Å². The summed E-state index contributed by atoms with van der Waals surface area (Å²) >= 11 is 2.91. The van der Waals surface area contributed by atoms with Crippen LogP contribution in [0.1, 0.15) is 48.8 Å². The molecule has 0 fully saturated rings. The van der Waals surface area contributed by atoms with Crippen LogP contribution in [0.5, 0.6) is 0 Å². The average Bonchev–Trinajstić information content (AvgIpc) is 3.06. The number of hydrogen-bond donors (Lipinski definition) is 1. The standard InChI is InChI=1S/C20H26N2O2S2/c1-4-15-5-7-16(8-6-15)18(23)13-26-20-22-17(12-25-20)11-19(24)21-10-9-14(2)3/h5-8,12,14H,4,9-11,13H2,1-3H3,(H,21,24). The molecule has 0 aliphatic carbocycles. The highest BCUT2D eigenvalue weighted by Gasteiger charge is 2.11. The van der Waals surface area contributed by atoms with Crippen molar-refractivity contribution >= 4 is 34.8 Å². The van der Waals surface area contributed by atoms with Crippen LogP contribution in [0.15, 0.2) is 34.0 Å². The molecule has 140 valence electrons. The Labute approximate surface area is 163 Å². The van der Waals surface area contributed by atoms with Crippen LogP contribution >= 0.6 is 23.1 Å². The summed E-state index contributed by atoms with van der Waals surface area (Å²) in [7, 11) is 0. The fourth-order valence-corrected chi connectivity index (χ4v) is 4.04. The number of carbonyl (C=O) groups excluding carboxylic acids is 2. The van der Waals surface area contributed by atoms with E-state index in [2.05, 4.69) is 31.1 Å². The molecule has 0 atom stereocenters. The number of nitrogens with one attached hydrogen (secondary N) is 1. The fraction of sp³-hybridized carbons (Fsp3) is 0.450. The second-order valence-electron chi connectivity index (χ2n) is 6.58. The molecule has 4 nitrogen and oxygen atoms in total. The van der Waals surface area contributed by atoms with Crippen molar-refractivity contribution in [3.05, 3.63) is 46.5 Å². The first-order valence-corrected chi connectivity index (χ1v) is 10.8. The zero-order chi connectivity index (χ0) is 18.9. The number of aryl methyl sites for hydroxylation is 1. The minimum absolute atomic E-state index is 0.000379. The maximum atomic E-state index is 12.3. The number of carbonyl (C=O) groups is 2. The van der Waals surface area contributed by atoms with Gasteiger partial charge in [0.15, 0.2) is 10.1 Å². The maximum absolute atomic E-state index is 12.3. The highest BCUT2D eigenvalue weighted by atomic mass is 32.2. The quantitative estimate of drug-likeness (QED) is 0.483. The summed E-state index contributed by atoms with van der Waals surface area (Å²) in [4.78, 5) is 28.6. The lowest BCUT2D eigenvalue weighted by Crippen LogP contribution is -2.26. The molecule has 2 rings (SSSR count). The minimum Gasteiger partial charge on any atom is -0.356 e. The molecule has 1 heterocycles. The number of aromatic nitrogens is 1. The summed E-state index contributed by atoms with van der Waals surface area (Å²) in [5, 5.41) is 4.81. The van der Waals surface area contributed by atoms with E-state index in [0.717, 1.165) is 28.4 Å². The molecule has 0 radical (unpaired) electrons. The Balaban J connectivity index is 1.78. The first kappa shape index (κ1) is 20.6. The molecule has 1 amide bonds. The molecule has 26 heavy (non-hydrogen) atoms. The molecule has 0 aliphatic heterocycles. The van der Waals surface area contributed by atoms with Crippen molar-refractivity contribution in [3.8, 4) is 0 Å². The summed E-state index contributed by atoms with van der Waals surface area (Å²) in [6.07, 6.45) is 2.24. The van der Waals surface area contributed by atoms with Gasteiger partial charge in [-0.15, -0.1) is 11.3 Å². The summed E-state index contributed by atoms with van der Waals surface area (Å²) < 4.78 is 0.827. The van der Waals surface area contributed by atoms with Crippen LogP contribution < -0.4 is 5.32 Å². The van der Waals surface area contributed by atoms with E-state index < -0.39 is 0 Å². The molecule has 0 aliphatic rings. The Morgan fingerprint density at radius 1 is 1.23 bits per heavy atom. The van der Waals surface area contributed by atoms with Crippen molar-refractivity contribution in [3.63, 3.8) is 0 Å². The Morgan fingerprint density at radius 2 is 1.96 bits per heavy atom. The van der Waals surface area contributed by atoms with Gasteiger partial charge in [0.1, 0.15) is 0 Å². The number of benzene rings is 1. The number of Topliss-reactive ketones (excluding diaryl/α,β-unsaturated/α-hetero) is 1. The Bertz CT molecular complexity index is 724. The van der Waals surface area contributed by atoms with E-state index in [-0.39, 0.29) is 11.7 Å². The first-order chi connectivity index (χ1) is 12.5. The normalized spacial score (nSPS) is 10.9. The number of nitrogens with zero attached hydrogens (tertiary/aromatic N) is 1. The van der Waals surface area contributed by atoms with E-state index in [1.54, 1.807) is 0 Å². The Hall–Kier alpha value is -1.66. The lowest BCUT2D eigenvalue weighted by atomic mass is 10.1. The van der Waals surface area contributed by atoms with Crippen molar-refractivity contribution in [1.29, 1.82) is 0 Å². The predicted octanol–water partition coefficient (Wildman–Crippen LogP) is 4.39. The lowest BCUT2D eigenvalue weighted by molar-refractivity contribution is -0.120. The molecule has 6 heteroatoms. The molecule has 1 N–H and O–H groups in total. The number of amides is 1. The molecule has 2 aromatic rings. The van der Waals surface area contributed by atoms with E-state index in [1.165, 1.54) is 28.7 Å². The molecule has 0 saturated carbocycles. The van der Waals surface area contributed by atoms with Crippen molar-refractivity contribution in [2.45, 2.75) is 44.4 Å². The van der Waals surface area contributed by atoms with E-state index in [1.807, 2.05) is 29.6 Å². The van der Waals surface area contributed by atoms with Gasteiger partial charge in [0.25, 0.3) is 0 Å². The first-order valence-electron chi connectivity index (χ1n) is 8.94. The largest absolute Gasteiger partial charge is 0.356 e. The number of hydrogen-bond acceptors (Lipinski definition) is 5. The Morgan fingerprint density at radius 3 is 2.62 bits per heavy atom. The van der Waals surface area contributed by atoms with Gasteiger partial charge in [-0.2, -0.15) is 0 Å². The third-order valence-electron chi connectivity index (χ3n) is 3.93. The Kier molecular flexibility index (Phi) is 8.32.